The number of anilines is 1. The maximum Gasteiger partial charge on any atom is 0.310 e. The molecule has 2 rings (SSSR count). The van der Waals surface area contributed by atoms with Gasteiger partial charge in [-0.3, -0.25) is 9.59 Å². The van der Waals surface area contributed by atoms with Crippen LogP contribution in [0.1, 0.15) is 44.1 Å². The van der Waals surface area contributed by atoms with Gasteiger partial charge in [0.05, 0.1) is 5.41 Å². The van der Waals surface area contributed by atoms with Crippen LogP contribution in [0.4, 0.5) is 10.1 Å². The Kier molecular flexibility index (Phi) is 4.60. The topological polar surface area (TPSA) is 66.4 Å². The average Bonchev–Trinajstić information content (AvgIpc) is 2.37. The number of benzene rings is 1. The first kappa shape index (κ1) is 15.5. The molecule has 1 aromatic carbocycles. The lowest BCUT2D eigenvalue weighted by molar-refractivity contribution is -0.153. The van der Waals surface area contributed by atoms with Gasteiger partial charge in [0.2, 0.25) is 5.91 Å². The van der Waals surface area contributed by atoms with Crippen LogP contribution in [0.25, 0.3) is 0 Å². The summed E-state index contributed by atoms with van der Waals surface area (Å²) < 4.78 is 13.3. The number of amides is 1. The van der Waals surface area contributed by atoms with E-state index in [2.05, 4.69) is 5.32 Å². The number of nitrogens with one attached hydrogen (secondary N) is 1. The van der Waals surface area contributed by atoms with Crippen LogP contribution in [0, 0.1) is 18.2 Å². The van der Waals surface area contributed by atoms with Crippen LogP contribution in [0.3, 0.4) is 0 Å². The van der Waals surface area contributed by atoms with E-state index in [0.717, 1.165) is 19.3 Å². The zero-order valence-corrected chi connectivity index (χ0v) is 12.1. The minimum Gasteiger partial charge on any atom is -0.481 e. The smallest absolute Gasteiger partial charge is 0.310 e. The largest absolute Gasteiger partial charge is 0.481 e. The molecule has 1 saturated carbocycles. The van der Waals surface area contributed by atoms with E-state index in [1.165, 1.54) is 12.1 Å². The molecule has 1 aromatic rings. The van der Waals surface area contributed by atoms with E-state index >= 15 is 0 Å². The van der Waals surface area contributed by atoms with E-state index in [-0.39, 0.29) is 12.3 Å². The monoisotopic (exact) mass is 293 g/mol. The molecule has 114 valence electrons. The van der Waals surface area contributed by atoms with Crippen molar-refractivity contribution in [3.63, 3.8) is 0 Å². The van der Waals surface area contributed by atoms with Crippen molar-refractivity contribution < 1.29 is 19.1 Å². The molecule has 0 aliphatic heterocycles. The van der Waals surface area contributed by atoms with Crippen molar-refractivity contribution >= 4 is 17.6 Å². The normalized spacial score (nSPS) is 17.2. The molecule has 5 heteroatoms. The Morgan fingerprint density at radius 3 is 2.48 bits per heavy atom. The lowest BCUT2D eigenvalue weighted by atomic mass is 9.71. The van der Waals surface area contributed by atoms with Gasteiger partial charge in [0.1, 0.15) is 5.82 Å². The second kappa shape index (κ2) is 6.24. The number of hydrogen-bond donors (Lipinski definition) is 2. The summed E-state index contributed by atoms with van der Waals surface area (Å²) in [6.45, 7) is 1.73. The van der Waals surface area contributed by atoms with E-state index in [0.29, 0.717) is 24.1 Å². The van der Waals surface area contributed by atoms with Crippen molar-refractivity contribution in [1.82, 2.24) is 0 Å². The second-order valence-corrected chi connectivity index (χ2v) is 5.89. The van der Waals surface area contributed by atoms with Gasteiger partial charge in [0.25, 0.3) is 0 Å². The number of rotatable bonds is 4. The standard InChI is InChI=1S/C16H20FNO3/c1-11-7-12(17)9-13(8-11)18-14(19)10-16(15(20)21)5-3-2-4-6-16/h7-9H,2-6,10H2,1H3,(H,18,19)(H,20,21). The van der Waals surface area contributed by atoms with E-state index in [9.17, 15) is 19.1 Å². The van der Waals surface area contributed by atoms with Crippen LogP contribution in [-0.4, -0.2) is 17.0 Å². The van der Waals surface area contributed by atoms with Gasteiger partial charge in [0, 0.05) is 12.1 Å². The number of carboxylic acid groups (broad SMARTS) is 1. The molecular weight excluding hydrogens is 273 g/mol. The van der Waals surface area contributed by atoms with Gasteiger partial charge >= 0.3 is 5.97 Å². The molecule has 0 spiro atoms. The first-order chi connectivity index (χ1) is 9.91. The number of aryl methyl sites for hydroxylation is 1. The summed E-state index contributed by atoms with van der Waals surface area (Å²) in [4.78, 5) is 23.6. The highest BCUT2D eigenvalue weighted by Gasteiger charge is 2.41. The van der Waals surface area contributed by atoms with Crippen molar-refractivity contribution in [3.8, 4) is 0 Å². The highest BCUT2D eigenvalue weighted by Crippen LogP contribution is 2.39. The van der Waals surface area contributed by atoms with E-state index in [1.807, 2.05) is 0 Å². The van der Waals surface area contributed by atoms with Crippen LogP contribution in [0.15, 0.2) is 18.2 Å². The Labute approximate surface area is 123 Å². The van der Waals surface area contributed by atoms with Crippen LogP contribution >= 0.6 is 0 Å². The zero-order chi connectivity index (χ0) is 15.5. The van der Waals surface area contributed by atoms with Crippen LogP contribution in [-0.2, 0) is 9.59 Å². The van der Waals surface area contributed by atoms with Crippen LogP contribution < -0.4 is 5.32 Å². The third kappa shape index (κ3) is 3.80. The number of halogens is 1. The lowest BCUT2D eigenvalue weighted by Crippen LogP contribution is -2.37. The summed E-state index contributed by atoms with van der Waals surface area (Å²) in [7, 11) is 0. The Morgan fingerprint density at radius 2 is 1.90 bits per heavy atom. The second-order valence-electron chi connectivity index (χ2n) is 5.89. The molecule has 1 aliphatic carbocycles. The fourth-order valence-corrected chi connectivity index (χ4v) is 3.02. The maximum atomic E-state index is 13.3. The predicted molar refractivity (Wildman–Crippen MR) is 77.5 cm³/mol. The fraction of sp³-hybridized carbons (Fsp3) is 0.500. The molecule has 2 N–H and O–H groups in total. The molecule has 4 nitrogen and oxygen atoms in total. The number of hydrogen-bond acceptors (Lipinski definition) is 2. The average molecular weight is 293 g/mol. The molecule has 21 heavy (non-hydrogen) atoms. The Hall–Kier alpha value is -1.91. The summed E-state index contributed by atoms with van der Waals surface area (Å²) in [5.74, 6) is -1.70. The Balaban J connectivity index is 2.07. The molecule has 1 amide bonds. The van der Waals surface area contributed by atoms with Gasteiger partial charge in [-0.15, -0.1) is 0 Å². The molecule has 0 aromatic heterocycles. The highest BCUT2D eigenvalue weighted by atomic mass is 19.1. The molecule has 0 unspecified atom stereocenters. The first-order valence-electron chi connectivity index (χ1n) is 7.22. The quantitative estimate of drug-likeness (QED) is 0.893. The molecule has 0 heterocycles. The van der Waals surface area contributed by atoms with Gasteiger partial charge < -0.3 is 10.4 Å². The fourth-order valence-electron chi connectivity index (χ4n) is 3.02. The van der Waals surface area contributed by atoms with Gasteiger partial charge in [-0.05, 0) is 43.5 Å². The molecular formula is C16H20FNO3. The third-order valence-electron chi connectivity index (χ3n) is 4.09. The van der Waals surface area contributed by atoms with E-state index in [1.54, 1.807) is 13.0 Å². The number of carbonyl (C=O) groups is 2. The maximum absolute atomic E-state index is 13.3. The van der Waals surface area contributed by atoms with Crippen molar-refractivity contribution in [2.45, 2.75) is 45.4 Å². The van der Waals surface area contributed by atoms with Crippen molar-refractivity contribution in [2.75, 3.05) is 5.32 Å². The third-order valence-corrected chi connectivity index (χ3v) is 4.09. The van der Waals surface area contributed by atoms with Crippen molar-refractivity contribution in [2.24, 2.45) is 5.41 Å². The van der Waals surface area contributed by atoms with Crippen LogP contribution in [0.2, 0.25) is 0 Å². The van der Waals surface area contributed by atoms with E-state index < -0.39 is 17.2 Å². The summed E-state index contributed by atoms with van der Waals surface area (Å²) in [5.41, 5.74) is 0.106. The summed E-state index contributed by atoms with van der Waals surface area (Å²) in [5, 5.41) is 12.1. The summed E-state index contributed by atoms with van der Waals surface area (Å²) in [6.07, 6.45) is 3.67. The van der Waals surface area contributed by atoms with Gasteiger partial charge in [-0.1, -0.05) is 19.3 Å². The van der Waals surface area contributed by atoms with Crippen molar-refractivity contribution in [1.29, 1.82) is 0 Å². The molecule has 1 aliphatic rings. The minimum atomic E-state index is -0.968. The molecule has 0 saturated heterocycles. The van der Waals surface area contributed by atoms with Gasteiger partial charge in [0.15, 0.2) is 0 Å². The Morgan fingerprint density at radius 1 is 1.24 bits per heavy atom. The molecule has 0 atom stereocenters. The van der Waals surface area contributed by atoms with Crippen LogP contribution in [0.5, 0.6) is 0 Å². The van der Waals surface area contributed by atoms with Crippen molar-refractivity contribution in [3.05, 3.63) is 29.6 Å². The number of carboxylic acids is 1. The summed E-state index contributed by atoms with van der Waals surface area (Å²) >= 11 is 0. The number of aliphatic carboxylic acids is 1. The SMILES string of the molecule is Cc1cc(F)cc(NC(=O)CC2(C(=O)O)CCCCC2)c1. The molecule has 0 radical (unpaired) electrons. The predicted octanol–water partition coefficient (Wildman–Crippen LogP) is 3.50. The summed E-state index contributed by atoms with van der Waals surface area (Å²) in [6, 6.07) is 4.27. The highest BCUT2D eigenvalue weighted by molar-refractivity contribution is 5.94. The molecule has 0 bridgehead atoms. The molecule has 1 fully saturated rings. The Bertz CT molecular complexity index is 530. The minimum absolute atomic E-state index is 0.0576. The number of carbonyl (C=O) groups excluding carboxylic acids is 1. The first-order valence-corrected chi connectivity index (χ1v) is 7.22. The lowest BCUT2D eigenvalue weighted by Gasteiger charge is -2.32. The van der Waals surface area contributed by atoms with Gasteiger partial charge in [-0.2, -0.15) is 0 Å². The zero-order valence-electron chi connectivity index (χ0n) is 12.1. The van der Waals surface area contributed by atoms with E-state index in [4.69, 9.17) is 0 Å². The van der Waals surface area contributed by atoms with Gasteiger partial charge in [-0.25, -0.2) is 4.39 Å².